The zero-order valence-electron chi connectivity index (χ0n) is 18.4. The van der Waals surface area contributed by atoms with Crippen LogP contribution in [0.4, 0.5) is 5.69 Å². The van der Waals surface area contributed by atoms with Crippen LogP contribution in [0.2, 0.25) is 0 Å². The molecule has 170 valence electrons. The zero-order chi connectivity index (χ0) is 21.3. The number of aliphatic imine (C=N–C) groups is 1. The molecule has 7 nitrogen and oxygen atoms in total. The Morgan fingerprint density at radius 3 is 2.45 bits per heavy atom. The number of nitrogens with one attached hydrogen (secondary N) is 2. The Labute approximate surface area is 201 Å². The van der Waals surface area contributed by atoms with Crippen molar-refractivity contribution >= 4 is 35.6 Å². The second-order valence-corrected chi connectivity index (χ2v) is 7.31. The van der Waals surface area contributed by atoms with Crippen LogP contribution in [0, 0.1) is 0 Å². The van der Waals surface area contributed by atoms with Gasteiger partial charge in [0.05, 0.1) is 20.8 Å². The van der Waals surface area contributed by atoms with Crippen molar-refractivity contribution in [1.29, 1.82) is 0 Å². The largest absolute Gasteiger partial charge is 0.502 e. The van der Waals surface area contributed by atoms with Crippen LogP contribution in [0.15, 0.2) is 47.5 Å². The second kappa shape index (κ2) is 12.5. The Bertz CT molecular complexity index is 823. The number of para-hydroxylation sites is 1. The fraction of sp³-hybridized carbons (Fsp3) is 0.435. The molecule has 3 N–H and O–H groups in total. The molecule has 0 spiro atoms. The molecule has 3 rings (SSSR count). The van der Waals surface area contributed by atoms with Crippen LogP contribution < -0.4 is 25.0 Å². The maximum Gasteiger partial charge on any atom is 0.200 e. The second-order valence-electron chi connectivity index (χ2n) is 7.31. The van der Waals surface area contributed by atoms with Gasteiger partial charge in [0.15, 0.2) is 17.5 Å². The summed E-state index contributed by atoms with van der Waals surface area (Å²) in [6.45, 7) is 5.29. The number of anilines is 1. The van der Waals surface area contributed by atoms with E-state index in [0.717, 1.165) is 44.0 Å². The van der Waals surface area contributed by atoms with Gasteiger partial charge in [-0.25, -0.2) is 4.99 Å². The van der Waals surface area contributed by atoms with Crippen molar-refractivity contribution < 1.29 is 14.6 Å². The van der Waals surface area contributed by atoms with Gasteiger partial charge < -0.3 is 30.1 Å². The Balaban J connectivity index is 0.00000341. The number of methoxy groups -OCH3 is 2. The SMILES string of the molecule is CCNC(=NCc1cc(OC)c(O)c(OC)c1)NC1CCCN(c2ccccc2)C1.I. The molecule has 1 aliphatic heterocycles. The Morgan fingerprint density at radius 2 is 1.84 bits per heavy atom. The number of halogens is 1. The molecule has 1 unspecified atom stereocenters. The van der Waals surface area contributed by atoms with Gasteiger partial charge in [0.25, 0.3) is 0 Å². The minimum atomic E-state index is 0. The Hall–Kier alpha value is -2.36. The van der Waals surface area contributed by atoms with Crippen LogP contribution in [0.3, 0.4) is 0 Å². The van der Waals surface area contributed by atoms with Gasteiger partial charge in [-0.05, 0) is 49.6 Å². The molecule has 1 fully saturated rings. The first kappa shape index (κ1) is 24.9. The zero-order valence-corrected chi connectivity index (χ0v) is 20.8. The number of benzene rings is 2. The summed E-state index contributed by atoms with van der Waals surface area (Å²) in [6, 6.07) is 14.4. The van der Waals surface area contributed by atoms with Crippen molar-refractivity contribution in [3.63, 3.8) is 0 Å². The molecule has 1 saturated heterocycles. The van der Waals surface area contributed by atoms with Crippen LogP contribution in [0.5, 0.6) is 17.2 Å². The van der Waals surface area contributed by atoms with E-state index in [1.54, 1.807) is 12.1 Å². The highest BCUT2D eigenvalue weighted by Gasteiger charge is 2.21. The van der Waals surface area contributed by atoms with Crippen molar-refractivity contribution in [1.82, 2.24) is 10.6 Å². The van der Waals surface area contributed by atoms with E-state index in [4.69, 9.17) is 14.5 Å². The Kier molecular flexibility index (Phi) is 10.0. The first-order chi connectivity index (χ1) is 14.6. The highest BCUT2D eigenvalue weighted by molar-refractivity contribution is 14.0. The van der Waals surface area contributed by atoms with Crippen molar-refractivity contribution in [2.24, 2.45) is 4.99 Å². The fourth-order valence-electron chi connectivity index (χ4n) is 3.69. The van der Waals surface area contributed by atoms with E-state index in [1.807, 2.05) is 6.07 Å². The molecule has 0 amide bonds. The lowest BCUT2D eigenvalue weighted by atomic mass is 10.1. The number of hydrogen-bond donors (Lipinski definition) is 3. The molecule has 2 aromatic rings. The minimum absolute atomic E-state index is 0. The third kappa shape index (κ3) is 6.81. The topological polar surface area (TPSA) is 78.4 Å². The molecule has 0 bridgehead atoms. The predicted octanol–water partition coefficient (Wildman–Crippen LogP) is 3.75. The molecule has 1 atom stereocenters. The molecule has 1 aliphatic rings. The van der Waals surface area contributed by atoms with Gasteiger partial charge >= 0.3 is 0 Å². The highest BCUT2D eigenvalue weighted by Crippen LogP contribution is 2.37. The summed E-state index contributed by atoms with van der Waals surface area (Å²) in [5.41, 5.74) is 2.16. The number of rotatable bonds is 7. The summed E-state index contributed by atoms with van der Waals surface area (Å²) in [6.07, 6.45) is 2.24. The summed E-state index contributed by atoms with van der Waals surface area (Å²) in [5.74, 6) is 1.54. The first-order valence-corrected chi connectivity index (χ1v) is 10.4. The van der Waals surface area contributed by atoms with Crippen LogP contribution >= 0.6 is 24.0 Å². The van der Waals surface area contributed by atoms with Crippen LogP contribution in [-0.2, 0) is 6.54 Å². The van der Waals surface area contributed by atoms with Gasteiger partial charge in [-0.15, -0.1) is 24.0 Å². The normalized spacial score (nSPS) is 16.3. The van der Waals surface area contributed by atoms with Gasteiger partial charge in [0, 0.05) is 31.4 Å². The maximum atomic E-state index is 10.1. The summed E-state index contributed by atoms with van der Waals surface area (Å²) in [5, 5.41) is 17.0. The third-order valence-electron chi connectivity index (χ3n) is 5.19. The molecule has 0 radical (unpaired) electrons. The van der Waals surface area contributed by atoms with E-state index < -0.39 is 0 Å². The van der Waals surface area contributed by atoms with E-state index in [9.17, 15) is 5.11 Å². The lowest BCUT2D eigenvalue weighted by Crippen LogP contribution is -2.51. The van der Waals surface area contributed by atoms with E-state index in [0.29, 0.717) is 24.1 Å². The number of nitrogens with zero attached hydrogens (tertiary/aromatic N) is 2. The monoisotopic (exact) mass is 540 g/mol. The average molecular weight is 540 g/mol. The fourth-order valence-corrected chi connectivity index (χ4v) is 3.69. The Morgan fingerprint density at radius 1 is 1.16 bits per heavy atom. The van der Waals surface area contributed by atoms with Gasteiger partial charge in [-0.3, -0.25) is 0 Å². The number of piperidine rings is 1. The van der Waals surface area contributed by atoms with E-state index in [2.05, 4.69) is 46.7 Å². The number of hydrogen-bond acceptors (Lipinski definition) is 5. The molecule has 2 aromatic carbocycles. The number of aromatic hydroxyl groups is 1. The van der Waals surface area contributed by atoms with Crippen LogP contribution in [0.1, 0.15) is 25.3 Å². The van der Waals surface area contributed by atoms with Crippen LogP contribution in [0.25, 0.3) is 0 Å². The van der Waals surface area contributed by atoms with E-state index in [1.165, 1.54) is 19.9 Å². The third-order valence-corrected chi connectivity index (χ3v) is 5.19. The van der Waals surface area contributed by atoms with Crippen molar-refractivity contribution in [3.8, 4) is 17.2 Å². The quantitative estimate of drug-likeness (QED) is 0.282. The molecule has 31 heavy (non-hydrogen) atoms. The molecule has 1 heterocycles. The lowest BCUT2D eigenvalue weighted by molar-refractivity contribution is 0.339. The molecule has 0 aromatic heterocycles. The molecule has 8 heteroatoms. The van der Waals surface area contributed by atoms with E-state index >= 15 is 0 Å². The highest BCUT2D eigenvalue weighted by atomic mass is 127. The standard InChI is InChI=1S/C23H32N4O3.HI/c1-4-24-23(25-15-17-13-20(29-2)22(28)21(14-17)30-3)26-18-9-8-12-27(16-18)19-10-6-5-7-11-19;/h5-7,10-11,13-14,18,28H,4,8-9,12,15-16H2,1-3H3,(H2,24,25,26);1H. The molecular formula is C23H33IN4O3. The smallest absolute Gasteiger partial charge is 0.200 e. The first-order valence-electron chi connectivity index (χ1n) is 10.4. The van der Waals surface area contributed by atoms with Crippen LogP contribution in [-0.4, -0.2) is 51.0 Å². The summed E-state index contributed by atoms with van der Waals surface area (Å²) >= 11 is 0. The maximum absolute atomic E-state index is 10.1. The average Bonchev–Trinajstić information content (AvgIpc) is 2.79. The number of phenols is 1. The van der Waals surface area contributed by atoms with E-state index in [-0.39, 0.29) is 29.7 Å². The molecule has 0 aliphatic carbocycles. The summed E-state index contributed by atoms with van der Waals surface area (Å²) < 4.78 is 10.5. The number of phenolic OH excluding ortho intramolecular Hbond substituents is 1. The minimum Gasteiger partial charge on any atom is -0.502 e. The van der Waals surface area contributed by atoms with Gasteiger partial charge in [-0.1, -0.05) is 18.2 Å². The summed E-state index contributed by atoms with van der Waals surface area (Å²) in [4.78, 5) is 7.16. The lowest BCUT2D eigenvalue weighted by Gasteiger charge is -2.35. The van der Waals surface area contributed by atoms with Crippen molar-refractivity contribution in [2.75, 3.05) is 38.8 Å². The van der Waals surface area contributed by atoms with Crippen molar-refractivity contribution in [2.45, 2.75) is 32.4 Å². The van der Waals surface area contributed by atoms with Gasteiger partial charge in [0.1, 0.15) is 0 Å². The number of ether oxygens (including phenoxy) is 2. The predicted molar refractivity (Wildman–Crippen MR) is 136 cm³/mol. The van der Waals surface area contributed by atoms with Gasteiger partial charge in [0.2, 0.25) is 5.75 Å². The molecule has 0 saturated carbocycles. The van der Waals surface area contributed by atoms with Gasteiger partial charge in [-0.2, -0.15) is 0 Å². The van der Waals surface area contributed by atoms with Crippen molar-refractivity contribution in [3.05, 3.63) is 48.0 Å². The molecular weight excluding hydrogens is 507 g/mol. The summed E-state index contributed by atoms with van der Waals surface area (Å²) in [7, 11) is 3.05. The number of guanidine groups is 1.